The van der Waals surface area contributed by atoms with Crippen molar-refractivity contribution in [3.8, 4) is 11.5 Å². The van der Waals surface area contributed by atoms with Crippen molar-refractivity contribution in [1.29, 1.82) is 0 Å². The highest BCUT2D eigenvalue weighted by Crippen LogP contribution is 2.26. The van der Waals surface area contributed by atoms with E-state index in [0.29, 0.717) is 22.5 Å². The Morgan fingerprint density at radius 2 is 1.43 bits per heavy atom. The van der Waals surface area contributed by atoms with Crippen LogP contribution in [0.5, 0.6) is 11.5 Å². The molecule has 182 valence electrons. The Hall–Kier alpha value is -4.47. The summed E-state index contributed by atoms with van der Waals surface area (Å²) in [6.45, 7) is 1.86. The third kappa shape index (κ3) is 7.26. The van der Waals surface area contributed by atoms with E-state index in [1.165, 1.54) is 12.1 Å². The fourth-order valence-corrected chi connectivity index (χ4v) is 3.06. The van der Waals surface area contributed by atoms with Crippen molar-refractivity contribution in [2.75, 3.05) is 18.1 Å². The van der Waals surface area contributed by atoms with Gasteiger partial charge < -0.3 is 25.7 Å². The number of rotatable bonds is 7. The molecule has 10 heteroatoms. The Labute approximate surface area is 198 Å². The molecule has 0 saturated carbocycles. The average molecular weight is 486 g/mol. The minimum atomic E-state index is -4.83. The third-order valence-electron chi connectivity index (χ3n) is 4.51. The molecule has 3 aromatic rings. The van der Waals surface area contributed by atoms with Crippen molar-refractivity contribution < 1.29 is 37.0 Å². The molecular formula is C25H21F3N2O5. The quantitative estimate of drug-likeness (QED) is 0.158. The Balaban J connectivity index is 1.77. The Morgan fingerprint density at radius 3 is 1.97 bits per heavy atom. The zero-order chi connectivity index (χ0) is 25.6. The molecule has 4 N–H and O–H groups in total. The van der Waals surface area contributed by atoms with Crippen LogP contribution < -0.4 is 20.9 Å². The summed E-state index contributed by atoms with van der Waals surface area (Å²) in [5.41, 5.74) is 13.8. The van der Waals surface area contributed by atoms with Gasteiger partial charge >= 0.3 is 18.3 Å². The van der Waals surface area contributed by atoms with Gasteiger partial charge in [0.05, 0.1) is 17.7 Å². The predicted molar refractivity (Wildman–Crippen MR) is 124 cm³/mol. The van der Waals surface area contributed by atoms with Crippen LogP contribution in [0.3, 0.4) is 0 Å². The molecule has 0 radical (unpaired) electrons. The minimum Gasteiger partial charge on any atom is -0.462 e. The van der Waals surface area contributed by atoms with E-state index in [1.54, 1.807) is 43.3 Å². The van der Waals surface area contributed by atoms with Crippen LogP contribution >= 0.6 is 0 Å². The molecule has 0 atom stereocenters. The zero-order valence-corrected chi connectivity index (χ0v) is 18.5. The van der Waals surface area contributed by atoms with Crippen molar-refractivity contribution in [1.82, 2.24) is 0 Å². The van der Waals surface area contributed by atoms with Crippen LogP contribution in [0, 0.1) is 0 Å². The molecule has 0 heterocycles. The minimum absolute atomic E-state index is 0.0346. The van der Waals surface area contributed by atoms with Crippen molar-refractivity contribution in [2.24, 2.45) is 0 Å². The normalized spacial score (nSPS) is 11.6. The molecule has 7 nitrogen and oxygen atoms in total. The summed E-state index contributed by atoms with van der Waals surface area (Å²) in [5, 5.41) is 0. The molecular weight excluding hydrogens is 465 g/mol. The van der Waals surface area contributed by atoms with Gasteiger partial charge in [-0.25, -0.2) is 9.59 Å². The Kier molecular flexibility index (Phi) is 7.65. The number of halogens is 3. The summed E-state index contributed by atoms with van der Waals surface area (Å²) in [4.78, 5) is 24.8. The standard InChI is InChI=1S/C25H21F3N2O5/c1-2-33-24(32)22(17-12-18(29)14-19(30)13-17)11-15-3-7-20(8-4-15)34-23(31)16-5-9-21(10-6-16)35-25(26,27)28/h3-14H,2,29-30H2,1H3. The molecule has 0 spiro atoms. The van der Waals surface area contributed by atoms with E-state index in [1.807, 2.05) is 0 Å². The second kappa shape index (κ2) is 10.6. The first-order valence-electron chi connectivity index (χ1n) is 10.3. The van der Waals surface area contributed by atoms with Gasteiger partial charge in [0.2, 0.25) is 0 Å². The van der Waals surface area contributed by atoms with Gasteiger partial charge in [0.25, 0.3) is 0 Å². The summed E-state index contributed by atoms with van der Waals surface area (Å²) in [7, 11) is 0. The van der Waals surface area contributed by atoms with E-state index in [0.717, 1.165) is 24.3 Å². The molecule has 0 aliphatic carbocycles. The number of nitrogens with two attached hydrogens (primary N) is 2. The monoisotopic (exact) mass is 486 g/mol. The van der Waals surface area contributed by atoms with E-state index in [4.69, 9.17) is 20.9 Å². The highest BCUT2D eigenvalue weighted by atomic mass is 19.4. The van der Waals surface area contributed by atoms with E-state index < -0.39 is 24.1 Å². The molecule has 0 unspecified atom stereocenters. The van der Waals surface area contributed by atoms with Crippen LogP contribution in [0.15, 0.2) is 66.7 Å². The third-order valence-corrected chi connectivity index (χ3v) is 4.51. The van der Waals surface area contributed by atoms with Crippen molar-refractivity contribution in [3.63, 3.8) is 0 Å². The lowest BCUT2D eigenvalue weighted by Crippen LogP contribution is -2.17. The fourth-order valence-electron chi connectivity index (χ4n) is 3.06. The lowest BCUT2D eigenvalue weighted by Gasteiger charge is -2.10. The van der Waals surface area contributed by atoms with Crippen LogP contribution in [-0.2, 0) is 9.53 Å². The summed E-state index contributed by atoms with van der Waals surface area (Å²) < 4.78 is 50.9. The van der Waals surface area contributed by atoms with E-state index >= 15 is 0 Å². The average Bonchev–Trinajstić information content (AvgIpc) is 2.77. The lowest BCUT2D eigenvalue weighted by molar-refractivity contribution is -0.274. The summed E-state index contributed by atoms with van der Waals surface area (Å²) >= 11 is 0. The molecule has 0 aromatic heterocycles. The molecule has 35 heavy (non-hydrogen) atoms. The van der Waals surface area contributed by atoms with Crippen LogP contribution in [-0.4, -0.2) is 24.9 Å². The molecule has 3 rings (SSSR count). The van der Waals surface area contributed by atoms with Crippen LogP contribution in [0.4, 0.5) is 24.5 Å². The van der Waals surface area contributed by atoms with Crippen LogP contribution in [0.2, 0.25) is 0 Å². The van der Waals surface area contributed by atoms with Gasteiger partial charge in [-0.1, -0.05) is 12.1 Å². The maximum Gasteiger partial charge on any atom is 0.573 e. The molecule has 0 saturated heterocycles. The van der Waals surface area contributed by atoms with Crippen LogP contribution in [0.25, 0.3) is 11.6 Å². The van der Waals surface area contributed by atoms with Gasteiger partial charge in [-0.05, 0) is 78.7 Å². The van der Waals surface area contributed by atoms with Crippen molar-refractivity contribution >= 4 is 35.0 Å². The Bertz CT molecular complexity index is 1220. The maximum atomic E-state index is 12.5. The van der Waals surface area contributed by atoms with Gasteiger partial charge in [0.15, 0.2) is 0 Å². The van der Waals surface area contributed by atoms with Gasteiger partial charge in [-0.3, -0.25) is 0 Å². The van der Waals surface area contributed by atoms with Gasteiger partial charge in [0.1, 0.15) is 11.5 Å². The fraction of sp³-hybridized carbons (Fsp3) is 0.120. The first-order chi connectivity index (χ1) is 16.5. The summed E-state index contributed by atoms with van der Waals surface area (Å²) in [6, 6.07) is 15.3. The number of carbonyl (C=O) groups excluding carboxylic acids is 2. The smallest absolute Gasteiger partial charge is 0.462 e. The first kappa shape index (κ1) is 25.2. The van der Waals surface area contributed by atoms with Gasteiger partial charge in [0, 0.05) is 11.4 Å². The van der Waals surface area contributed by atoms with E-state index in [9.17, 15) is 22.8 Å². The van der Waals surface area contributed by atoms with E-state index in [-0.39, 0.29) is 23.5 Å². The maximum absolute atomic E-state index is 12.5. The number of hydrogen-bond acceptors (Lipinski definition) is 7. The summed E-state index contributed by atoms with van der Waals surface area (Å²) in [6.07, 6.45) is -3.25. The number of anilines is 2. The Morgan fingerprint density at radius 1 is 0.857 bits per heavy atom. The highest BCUT2D eigenvalue weighted by Gasteiger charge is 2.31. The van der Waals surface area contributed by atoms with Crippen LogP contribution in [0.1, 0.15) is 28.4 Å². The number of alkyl halides is 3. The first-order valence-corrected chi connectivity index (χ1v) is 10.3. The lowest BCUT2D eigenvalue weighted by atomic mass is 10.0. The predicted octanol–water partition coefficient (Wildman–Crippen LogP) is 5.07. The topological polar surface area (TPSA) is 114 Å². The molecule has 0 bridgehead atoms. The summed E-state index contributed by atoms with van der Waals surface area (Å²) in [5.74, 6) is -1.60. The molecule has 0 aliphatic heterocycles. The number of nitrogen functional groups attached to an aromatic ring is 2. The number of esters is 2. The molecule has 0 aliphatic rings. The number of carbonyl (C=O) groups is 2. The van der Waals surface area contributed by atoms with Crippen molar-refractivity contribution in [2.45, 2.75) is 13.3 Å². The zero-order valence-electron chi connectivity index (χ0n) is 18.5. The molecule has 0 fully saturated rings. The number of benzene rings is 3. The van der Waals surface area contributed by atoms with Crippen molar-refractivity contribution in [3.05, 3.63) is 83.4 Å². The highest BCUT2D eigenvalue weighted by molar-refractivity contribution is 6.22. The second-order valence-electron chi connectivity index (χ2n) is 7.20. The number of hydrogen-bond donors (Lipinski definition) is 2. The van der Waals surface area contributed by atoms with Gasteiger partial charge in [-0.15, -0.1) is 13.2 Å². The second-order valence-corrected chi connectivity index (χ2v) is 7.20. The molecule has 0 amide bonds. The molecule has 3 aromatic carbocycles. The SMILES string of the molecule is CCOC(=O)C(=Cc1ccc(OC(=O)c2ccc(OC(F)(F)F)cc2)cc1)c1cc(N)cc(N)c1. The van der Waals surface area contributed by atoms with E-state index in [2.05, 4.69) is 4.74 Å². The largest absolute Gasteiger partial charge is 0.573 e. The van der Waals surface area contributed by atoms with Gasteiger partial charge in [-0.2, -0.15) is 0 Å². The number of ether oxygens (including phenoxy) is 3.